The van der Waals surface area contributed by atoms with E-state index in [1.54, 1.807) is 0 Å². The summed E-state index contributed by atoms with van der Waals surface area (Å²) >= 11 is 5.30. The van der Waals surface area contributed by atoms with E-state index in [0.717, 1.165) is 4.90 Å². The van der Waals surface area contributed by atoms with Gasteiger partial charge in [-0.2, -0.15) is 0 Å². The highest BCUT2D eigenvalue weighted by molar-refractivity contribution is 8.18. The lowest BCUT2D eigenvalue weighted by Gasteiger charge is -2.12. The summed E-state index contributed by atoms with van der Waals surface area (Å²) in [6, 6.07) is 0. The molecule has 0 saturated carbocycles. The molecule has 0 atom stereocenters. The van der Waals surface area contributed by atoms with Crippen molar-refractivity contribution in [2.24, 2.45) is 5.14 Å². The van der Waals surface area contributed by atoms with Crippen LogP contribution in [-0.4, -0.2) is 44.5 Å². The van der Waals surface area contributed by atoms with Gasteiger partial charge in [0.25, 0.3) is 0 Å². The van der Waals surface area contributed by atoms with Crippen molar-refractivity contribution < 1.29 is 19.8 Å². The highest BCUT2D eigenvalue weighted by atomic mass is 32.2. The number of nitrogens with two attached hydrogens (primary N) is 1. The first-order valence-electron chi connectivity index (χ1n) is 3.06. The van der Waals surface area contributed by atoms with Crippen LogP contribution in [0.25, 0.3) is 0 Å². The van der Waals surface area contributed by atoms with Gasteiger partial charge in [-0.05, 0) is 0 Å². The normalized spacial score (nSPS) is 9.31. The minimum absolute atomic E-state index is 0.0461. The number of hydrogen-bond donors (Lipinski definition) is 3. The van der Waals surface area contributed by atoms with Crippen molar-refractivity contribution in [1.82, 2.24) is 4.90 Å². The fourth-order valence-electron chi connectivity index (χ4n) is 0.586. The molecule has 0 aromatic rings. The van der Waals surface area contributed by atoms with Gasteiger partial charge in [-0.1, -0.05) is 0 Å². The van der Waals surface area contributed by atoms with Gasteiger partial charge in [-0.15, -0.1) is 0 Å². The molecule has 1 radical (unpaired) electrons. The van der Waals surface area contributed by atoms with E-state index in [9.17, 15) is 9.59 Å². The van der Waals surface area contributed by atoms with Crippen molar-refractivity contribution >= 4 is 40.4 Å². The molecular weight excluding hydrogens is 216 g/mol. The van der Waals surface area contributed by atoms with E-state index >= 15 is 0 Å². The molecule has 0 amide bonds. The van der Waals surface area contributed by atoms with E-state index in [4.69, 9.17) is 15.4 Å². The first-order valence-corrected chi connectivity index (χ1v) is 4.35. The molecular formula is C5H8N2O4S2+. The summed E-state index contributed by atoms with van der Waals surface area (Å²) in [5.74, 6) is -2.31. The molecule has 0 aromatic heterocycles. The average Bonchev–Trinajstić information content (AvgIpc) is 2.00. The highest BCUT2D eigenvalue weighted by Crippen LogP contribution is 1.98. The lowest BCUT2D eigenvalue weighted by molar-refractivity contribution is -0.139. The van der Waals surface area contributed by atoms with Gasteiger partial charge in [0.05, 0.1) is 0 Å². The molecule has 0 aliphatic heterocycles. The molecule has 0 aromatic carbocycles. The molecule has 0 unspecified atom stereocenters. The monoisotopic (exact) mass is 224 g/mol. The molecule has 0 aliphatic carbocycles. The van der Waals surface area contributed by atoms with Crippen molar-refractivity contribution in [1.29, 1.82) is 0 Å². The number of nitrogens with zero attached hydrogens (tertiary/aromatic N) is 1. The van der Waals surface area contributed by atoms with Crippen LogP contribution in [0.4, 0.5) is 0 Å². The summed E-state index contributed by atoms with van der Waals surface area (Å²) in [5, 5.41) is 21.9. The van der Waals surface area contributed by atoms with E-state index in [-0.39, 0.29) is 4.32 Å². The third-order valence-electron chi connectivity index (χ3n) is 1.01. The Bertz CT molecular complexity index is 217. The number of rotatable bonds is 4. The number of aliphatic carboxylic acids is 2. The fourth-order valence-corrected chi connectivity index (χ4v) is 0.993. The number of hydrogen-bond acceptors (Lipinski definition) is 5. The molecule has 0 heterocycles. The Morgan fingerprint density at radius 1 is 1.31 bits per heavy atom. The summed E-state index contributed by atoms with van der Waals surface area (Å²) < 4.78 is 0.0461. The maximum atomic E-state index is 10.3. The van der Waals surface area contributed by atoms with Gasteiger partial charge in [0.2, 0.25) is 0 Å². The van der Waals surface area contributed by atoms with Gasteiger partial charge in [0.1, 0.15) is 13.1 Å². The predicted molar refractivity (Wildman–Crippen MR) is 51.0 cm³/mol. The Kier molecular flexibility index (Phi) is 5.35. The number of carbonyl (C=O) groups is 2. The van der Waals surface area contributed by atoms with Crippen molar-refractivity contribution in [2.75, 3.05) is 13.1 Å². The van der Waals surface area contributed by atoms with E-state index < -0.39 is 25.0 Å². The van der Waals surface area contributed by atoms with E-state index in [0.29, 0.717) is 11.9 Å². The molecule has 0 spiro atoms. The molecule has 6 nitrogen and oxygen atoms in total. The van der Waals surface area contributed by atoms with Crippen LogP contribution in [0.15, 0.2) is 0 Å². The lowest BCUT2D eigenvalue weighted by atomic mass is 10.5. The van der Waals surface area contributed by atoms with Gasteiger partial charge < -0.3 is 10.2 Å². The second-order valence-electron chi connectivity index (χ2n) is 2.03. The maximum Gasteiger partial charge on any atom is 0.565 e. The summed E-state index contributed by atoms with van der Waals surface area (Å²) in [7, 11) is 0. The quantitative estimate of drug-likeness (QED) is 0.307. The molecule has 0 rings (SSSR count). The molecule has 73 valence electrons. The second kappa shape index (κ2) is 5.73. The summed E-state index contributed by atoms with van der Waals surface area (Å²) in [5.41, 5.74) is 0. The van der Waals surface area contributed by atoms with Crippen LogP contribution in [0.3, 0.4) is 0 Å². The van der Waals surface area contributed by atoms with E-state index in [1.807, 2.05) is 0 Å². The van der Waals surface area contributed by atoms with Crippen LogP contribution in [0.1, 0.15) is 0 Å². The van der Waals surface area contributed by atoms with Crippen molar-refractivity contribution in [3.8, 4) is 0 Å². The summed E-state index contributed by atoms with van der Waals surface area (Å²) in [6.07, 6.45) is 0. The third kappa shape index (κ3) is 5.39. The first-order chi connectivity index (χ1) is 5.97. The van der Waals surface area contributed by atoms with Gasteiger partial charge in [-0.25, -0.2) is 0 Å². The van der Waals surface area contributed by atoms with Crippen LogP contribution in [-0.2, 0) is 21.8 Å². The molecule has 8 heteroatoms. The van der Waals surface area contributed by atoms with Crippen LogP contribution >= 0.6 is 11.9 Å². The Morgan fingerprint density at radius 2 is 1.69 bits per heavy atom. The molecule has 13 heavy (non-hydrogen) atoms. The van der Waals surface area contributed by atoms with Crippen LogP contribution in [0.5, 0.6) is 0 Å². The van der Waals surface area contributed by atoms with Crippen LogP contribution in [0.2, 0.25) is 0 Å². The number of thiocarbonyl (C=S) groups is 1. The molecule has 0 saturated heterocycles. The minimum atomic E-state index is -1.15. The Labute approximate surface area is 83.8 Å². The second-order valence-corrected chi connectivity index (χ2v) is 3.29. The molecule has 0 bridgehead atoms. The molecule has 0 aliphatic rings. The standard InChI is InChI=1S/C5H8N2O4S2/c6-13-5(12)7(1-3(8)9)2-4(10)11/h1-2,6H2,(H,8,9)(H,10,11)/q+1. The SMILES string of the molecule is NSC(=[S+])N(CC(=O)O)CC(=O)O. The maximum absolute atomic E-state index is 10.3. The highest BCUT2D eigenvalue weighted by Gasteiger charge is 2.24. The van der Waals surface area contributed by atoms with E-state index in [2.05, 4.69) is 12.2 Å². The van der Waals surface area contributed by atoms with Crippen LogP contribution < -0.4 is 5.14 Å². The third-order valence-corrected chi connectivity index (χ3v) is 2.02. The Balaban J connectivity index is 4.26. The lowest BCUT2D eigenvalue weighted by Crippen LogP contribution is -2.38. The van der Waals surface area contributed by atoms with Crippen molar-refractivity contribution in [3.63, 3.8) is 0 Å². The van der Waals surface area contributed by atoms with Gasteiger partial charge in [-0.3, -0.25) is 19.6 Å². The molecule has 4 N–H and O–H groups in total. The minimum Gasteiger partial charge on any atom is -0.480 e. The number of carboxylic acid groups (broad SMARTS) is 2. The van der Waals surface area contributed by atoms with Gasteiger partial charge in [0, 0.05) is 11.9 Å². The first kappa shape index (κ1) is 12.1. The fraction of sp³-hybridized carbons (Fsp3) is 0.400. The topological polar surface area (TPSA) is 104 Å². The summed E-state index contributed by atoms with van der Waals surface area (Å²) in [4.78, 5) is 21.5. The Hall–Kier alpha value is -0.860. The zero-order chi connectivity index (χ0) is 10.4. The van der Waals surface area contributed by atoms with E-state index in [1.165, 1.54) is 0 Å². The van der Waals surface area contributed by atoms with Gasteiger partial charge >= 0.3 is 28.5 Å². The summed E-state index contributed by atoms with van der Waals surface area (Å²) in [6.45, 7) is -0.926. The van der Waals surface area contributed by atoms with Gasteiger partial charge in [0.15, 0.2) is 0 Å². The Morgan fingerprint density at radius 3 is 1.92 bits per heavy atom. The van der Waals surface area contributed by atoms with Crippen molar-refractivity contribution in [3.05, 3.63) is 0 Å². The predicted octanol–water partition coefficient (Wildman–Crippen LogP) is -1.30. The number of carboxylic acids is 2. The smallest absolute Gasteiger partial charge is 0.480 e. The average molecular weight is 224 g/mol. The molecule has 0 fully saturated rings. The zero-order valence-corrected chi connectivity index (χ0v) is 8.10. The largest absolute Gasteiger partial charge is 0.565 e. The zero-order valence-electron chi connectivity index (χ0n) is 6.47. The van der Waals surface area contributed by atoms with Crippen molar-refractivity contribution in [2.45, 2.75) is 0 Å². The van der Waals surface area contributed by atoms with Crippen LogP contribution in [0, 0.1) is 0 Å².